The summed E-state index contributed by atoms with van der Waals surface area (Å²) in [6.07, 6.45) is -9.59. The third-order valence-electron chi connectivity index (χ3n) is 13.3. The quantitative estimate of drug-likeness (QED) is 0.234. The number of likely N-dealkylation sites (N-methyl/N-ethyl adjacent to an activating group) is 3. The van der Waals surface area contributed by atoms with Gasteiger partial charge in [-0.3, -0.25) is 33.6 Å². The predicted octanol–water partition coefficient (Wildman–Crippen LogP) is 5.46. The van der Waals surface area contributed by atoms with Crippen LogP contribution < -0.4 is 16.0 Å². The van der Waals surface area contributed by atoms with Crippen LogP contribution in [0.1, 0.15) is 97.0 Å². The van der Waals surface area contributed by atoms with E-state index in [9.17, 15) is 59.9 Å². The molecule has 5 rings (SSSR count). The highest BCUT2D eigenvalue weighted by atomic mass is 35.5. The van der Waals surface area contributed by atoms with Crippen molar-refractivity contribution in [3.63, 3.8) is 0 Å². The van der Waals surface area contributed by atoms with Crippen molar-refractivity contribution < 1.29 is 59.9 Å². The van der Waals surface area contributed by atoms with E-state index < -0.39 is 127 Å². The lowest BCUT2D eigenvalue weighted by atomic mass is 9.64. The molecular formula is C45H61Cl2F6N7O7. The minimum absolute atomic E-state index is 0.00345. The number of likely N-dealkylation sites (tertiary alicyclic amines) is 1. The van der Waals surface area contributed by atoms with Gasteiger partial charge in [0.1, 0.15) is 42.4 Å². The molecule has 22 heteroatoms. The molecule has 3 N–H and O–H groups in total. The molecule has 0 aromatic heterocycles. The van der Waals surface area contributed by atoms with Crippen LogP contribution >= 0.6 is 23.2 Å². The van der Waals surface area contributed by atoms with Gasteiger partial charge in [0.05, 0.1) is 6.54 Å². The molecule has 0 radical (unpaired) electrons. The van der Waals surface area contributed by atoms with Gasteiger partial charge < -0.3 is 35.6 Å². The van der Waals surface area contributed by atoms with E-state index >= 15 is 0 Å². The number of amides is 7. The molecule has 67 heavy (non-hydrogen) atoms. The van der Waals surface area contributed by atoms with Crippen molar-refractivity contribution >= 4 is 64.6 Å². The Morgan fingerprint density at radius 3 is 2.18 bits per heavy atom. The van der Waals surface area contributed by atoms with Crippen molar-refractivity contribution in [3.8, 4) is 0 Å². The average Bonchev–Trinajstić information content (AvgIpc) is 4.01. The molecule has 2 aliphatic heterocycles. The summed E-state index contributed by atoms with van der Waals surface area (Å²) >= 11 is 12.8. The van der Waals surface area contributed by atoms with Crippen LogP contribution in [0.4, 0.5) is 26.3 Å². The van der Waals surface area contributed by atoms with Crippen LogP contribution in [0.25, 0.3) is 0 Å². The largest absolute Gasteiger partial charge is 0.403 e. The first-order valence-electron chi connectivity index (χ1n) is 22.7. The fraction of sp³-hybridized carbons (Fsp3) is 0.711. The summed E-state index contributed by atoms with van der Waals surface area (Å²) in [4.78, 5) is 103. The average molecular weight is 997 g/mol. The Kier molecular flexibility index (Phi) is 17.2. The van der Waals surface area contributed by atoms with Crippen molar-refractivity contribution in [2.24, 2.45) is 17.3 Å². The highest BCUT2D eigenvalue weighted by Gasteiger charge is 2.75. The molecule has 0 unspecified atom stereocenters. The van der Waals surface area contributed by atoms with Crippen molar-refractivity contribution in [2.75, 3.05) is 34.2 Å². The van der Waals surface area contributed by atoms with Gasteiger partial charge in [-0.05, 0) is 80.5 Å². The number of carbonyl (C=O) groups is 7. The summed E-state index contributed by atoms with van der Waals surface area (Å²) < 4.78 is 85.3. The SMILES string of the molecule is CCC[C@H]1NC(=O)[C@H](Cc2cc(Cl)ccc2Cl)N(C)C(=O)[C@H](CC(C)C)NC(=O)[C@@H](N(C)C(=O)[C@@H](NC(=O)[C@@H]2C[C@@H](F)CN2C(=O)C2(C(F)(F)F)CC(F)(F)C2)C2CC2)CCCCN(C)C1=O. The maximum atomic E-state index is 14.9. The van der Waals surface area contributed by atoms with Crippen LogP contribution in [0.5, 0.6) is 0 Å². The Bertz CT molecular complexity index is 2040. The summed E-state index contributed by atoms with van der Waals surface area (Å²) in [6, 6.07) is -3.31. The van der Waals surface area contributed by atoms with Gasteiger partial charge in [-0.15, -0.1) is 0 Å². The maximum absolute atomic E-state index is 14.9. The third kappa shape index (κ3) is 12.5. The highest BCUT2D eigenvalue weighted by Crippen LogP contribution is 2.61. The number of nitrogens with zero attached hydrogens (tertiary/aromatic N) is 4. The molecule has 14 nitrogen and oxygen atoms in total. The lowest BCUT2D eigenvalue weighted by Gasteiger charge is -2.48. The Labute approximate surface area is 396 Å². The van der Waals surface area contributed by atoms with Crippen LogP contribution in [-0.4, -0.2) is 150 Å². The molecule has 2 saturated carbocycles. The molecule has 0 bridgehead atoms. The molecule has 2 saturated heterocycles. The molecule has 374 valence electrons. The summed E-state index contributed by atoms with van der Waals surface area (Å²) in [5.74, 6) is -10.8. The number of hydrogen-bond donors (Lipinski definition) is 3. The number of alkyl halides is 6. The number of rotatable bonds is 12. The van der Waals surface area contributed by atoms with Gasteiger partial charge in [0.2, 0.25) is 41.4 Å². The van der Waals surface area contributed by atoms with Crippen LogP contribution in [0.15, 0.2) is 18.2 Å². The molecule has 2 aliphatic carbocycles. The summed E-state index contributed by atoms with van der Waals surface area (Å²) in [7, 11) is 4.26. The minimum Gasteiger partial charge on any atom is -0.344 e. The van der Waals surface area contributed by atoms with Crippen molar-refractivity contribution in [1.82, 2.24) is 35.6 Å². The second kappa shape index (κ2) is 21.5. The Balaban J connectivity index is 1.44. The Hall–Kier alpha value is -4.33. The van der Waals surface area contributed by atoms with Gasteiger partial charge in [0.15, 0.2) is 5.41 Å². The first kappa shape index (κ1) is 53.6. The van der Waals surface area contributed by atoms with Crippen LogP contribution in [-0.2, 0) is 40.0 Å². The highest BCUT2D eigenvalue weighted by molar-refractivity contribution is 6.33. The predicted molar refractivity (Wildman–Crippen MR) is 235 cm³/mol. The molecule has 2 heterocycles. The van der Waals surface area contributed by atoms with E-state index in [2.05, 4.69) is 16.0 Å². The Morgan fingerprint density at radius 2 is 1.60 bits per heavy atom. The summed E-state index contributed by atoms with van der Waals surface area (Å²) in [6.45, 7) is 4.73. The van der Waals surface area contributed by atoms with Crippen LogP contribution in [0.2, 0.25) is 10.0 Å². The monoisotopic (exact) mass is 995 g/mol. The zero-order chi connectivity index (χ0) is 49.9. The van der Waals surface area contributed by atoms with Gasteiger partial charge in [0.25, 0.3) is 5.92 Å². The number of hydrogen-bond acceptors (Lipinski definition) is 7. The van der Waals surface area contributed by atoms with Crippen molar-refractivity contribution in [2.45, 2.75) is 152 Å². The molecule has 0 spiro atoms. The molecule has 1 aromatic rings. The molecular weight excluding hydrogens is 935 g/mol. The number of nitrogens with one attached hydrogen (secondary N) is 3. The zero-order valence-corrected chi connectivity index (χ0v) is 40.0. The van der Waals surface area contributed by atoms with E-state index in [-0.39, 0.29) is 55.5 Å². The van der Waals surface area contributed by atoms with E-state index in [0.717, 1.165) is 4.90 Å². The Morgan fingerprint density at radius 1 is 0.955 bits per heavy atom. The third-order valence-corrected chi connectivity index (χ3v) is 13.9. The van der Waals surface area contributed by atoms with E-state index in [0.29, 0.717) is 41.2 Å². The first-order valence-corrected chi connectivity index (χ1v) is 23.5. The summed E-state index contributed by atoms with van der Waals surface area (Å²) in [5.41, 5.74) is -3.08. The van der Waals surface area contributed by atoms with E-state index in [1.165, 1.54) is 23.9 Å². The number of halogens is 8. The lowest BCUT2D eigenvalue weighted by molar-refractivity contribution is -0.299. The van der Waals surface area contributed by atoms with Crippen LogP contribution in [0.3, 0.4) is 0 Å². The topological polar surface area (TPSA) is 169 Å². The van der Waals surface area contributed by atoms with E-state index in [1.807, 2.05) is 20.8 Å². The second-order valence-electron chi connectivity index (χ2n) is 19.1. The van der Waals surface area contributed by atoms with Crippen LogP contribution in [0, 0.1) is 17.3 Å². The molecule has 7 atom stereocenters. The zero-order valence-electron chi connectivity index (χ0n) is 38.5. The second-order valence-corrected chi connectivity index (χ2v) is 19.9. The normalized spacial score (nSPS) is 27.0. The van der Waals surface area contributed by atoms with Gasteiger partial charge in [-0.2, -0.15) is 13.2 Å². The number of carbonyl (C=O) groups excluding carboxylic acids is 7. The first-order chi connectivity index (χ1) is 31.2. The van der Waals surface area contributed by atoms with Gasteiger partial charge in [-0.25, -0.2) is 13.2 Å². The van der Waals surface area contributed by atoms with E-state index in [1.54, 1.807) is 25.2 Å². The fourth-order valence-corrected chi connectivity index (χ4v) is 9.71. The van der Waals surface area contributed by atoms with Gasteiger partial charge in [0, 0.05) is 63.4 Å². The van der Waals surface area contributed by atoms with Crippen molar-refractivity contribution in [3.05, 3.63) is 33.8 Å². The van der Waals surface area contributed by atoms with Gasteiger partial charge in [-0.1, -0.05) is 50.4 Å². The maximum Gasteiger partial charge on any atom is 0.403 e. The molecule has 4 aliphatic rings. The smallest absolute Gasteiger partial charge is 0.344 e. The molecule has 1 aromatic carbocycles. The standard InChI is InChI=1S/C45H61Cl2F6N7O7/c1-7-10-30-39(64)57(4)16-9-8-11-32(36(61)55-31(17-24(2)3)40(65)59(6)33(37(62)54-30)19-26-18-27(46)14-15-29(26)47)58(5)41(66)35(25-12-13-25)56-38(63)34-20-28(48)21-60(34)42(67)43(45(51,52)53)22-44(49,50)23-43/h14-15,18,24-25,28,30-35H,7-13,16-17,19-23H2,1-6H3,(H,54,62)(H,55,61)(H,56,63)/t28-,30-,31+,32+,33+,34+,35+/m1/s1. The minimum atomic E-state index is -5.42. The fourth-order valence-electron chi connectivity index (χ4n) is 9.32. The summed E-state index contributed by atoms with van der Waals surface area (Å²) in [5, 5.41) is 8.75. The van der Waals surface area contributed by atoms with Gasteiger partial charge >= 0.3 is 6.18 Å². The van der Waals surface area contributed by atoms with Crippen molar-refractivity contribution in [1.29, 1.82) is 0 Å². The lowest BCUT2D eigenvalue weighted by Crippen LogP contribution is -2.65. The van der Waals surface area contributed by atoms with E-state index in [4.69, 9.17) is 23.2 Å². The number of benzene rings is 1. The molecule has 7 amide bonds. The molecule has 4 fully saturated rings.